The van der Waals surface area contributed by atoms with Crippen molar-refractivity contribution >= 4 is 29.9 Å². The first kappa shape index (κ1) is 25.2. The summed E-state index contributed by atoms with van der Waals surface area (Å²) >= 11 is 0. The predicted octanol–water partition coefficient (Wildman–Crippen LogP) is 4.23. The number of benzene rings is 2. The van der Waals surface area contributed by atoms with E-state index in [1.165, 1.54) is 11.6 Å². The third-order valence-electron chi connectivity index (χ3n) is 4.59. The second-order valence-corrected chi connectivity index (χ2v) is 6.65. The average molecular weight is 515 g/mol. The van der Waals surface area contributed by atoms with Crippen LogP contribution in [0.3, 0.4) is 0 Å². The molecule has 0 saturated carbocycles. The van der Waals surface area contributed by atoms with Crippen molar-refractivity contribution in [3.05, 3.63) is 65.5 Å². The SMILES string of the molecule is CCNC(=NCC(O)c1ccccc1F)NCCC(C)c1ccc(OC)cc1.I. The smallest absolute Gasteiger partial charge is 0.191 e. The summed E-state index contributed by atoms with van der Waals surface area (Å²) in [5.41, 5.74) is 1.51. The summed E-state index contributed by atoms with van der Waals surface area (Å²) in [4.78, 5) is 4.38. The van der Waals surface area contributed by atoms with Gasteiger partial charge in [0.2, 0.25) is 0 Å². The van der Waals surface area contributed by atoms with Crippen molar-refractivity contribution < 1.29 is 14.2 Å². The number of hydrogen-bond donors (Lipinski definition) is 3. The minimum atomic E-state index is -0.977. The fourth-order valence-electron chi connectivity index (χ4n) is 2.87. The van der Waals surface area contributed by atoms with Crippen LogP contribution < -0.4 is 15.4 Å². The van der Waals surface area contributed by atoms with Crippen LogP contribution in [0.4, 0.5) is 4.39 Å². The zero-order chi connectivity index (χ0) is 20.4. The van der Waals surface area contributed by atoms with Crippen LogP contribution in [-0.2, 0) is 0 Å². The number of guanidine groups is 1. The van der Waals surface area contributed by atoms with Crippen molar-refractivity contribution in [2.24, 2.45) is 4.99 Å². The summed E-state index contributed by atoms with van der Waals surface area (Å²) in [5, 5.41) is 16.6. The average Bonchev–Trinajstić information content (AvgIpc) is 2.72. The van der Waals surface area contributed by atoms with Crippen LogP contribution in [0.1, 0.15) is 43.4 Å². The summed E-state index contributed by atoms with van der Waals surface area (Å²) in [5.74, 6) is 1.42. The van der Waals surface area contributed by atoms with Crippen LogP contribution in [0, 0.1) is 5.82 Å². The molecule has 0 aliphatic heterocycles. The zero-order valence-electron chi connectivity index (χ0n) is 17.2. The number of aliphatic imine (C=N–C) groups is 1. The molecule has 2 unspecified atom stereocenters. The molecule has 5 nitrogen and oxygen atoms in total. The second kappa shape index (κ2) is 13.4. The van der Waals surface area contributed by atoms with E-state index in [0.29, 0.717) is 18.4 Å². The Balaban J connectivity index is 0.00000420. The molecule has 2 rings (SSSR count). The Hall–Kier alpha value is -1.87. The van der Waals surface area contributed by atoms with Gasteiger partial charge in [-0.2, -0.15) is 0 Å². The molecule has 0 bridgehead atoms. The molecule has 0 spiro atoms. The van der Waals surface area contributed by atoms with Gasteiger partial charge in [-0.3, -0.25) is 4.99 Å². The number of nitrogens with one attached hydrogen (secondary N) is 2. The van der Waals surface area contributed by atoms with Crippen molar-refractivity contribution in [3.63, 3.8) is 0 Å². The van der Waals surface area contributed by atoms with Gasteiger partial charge in [0.15, 0.2) is 5.96 Å². The molecule has 160 valence electrons. The number of aliphatic hydroxyl groups excluding tert-OH is 1. The Bertz CT molecular complexity index is 756. The standard InChI is InChI=1S/C22H30FN3O2.HI/c1-4-24-22(26-15-21(27)19-7-5-6-8-20(19)23)25-14-13-16(2)17-9-11-18(28-3)12-10-17;/h5-12,16,21,27H,4,13-15H2,1-3H3,(H2,24,25,26);1H. The number of methoxy groups -OCH3 is 1. The van der Waals surface area contributed by atoms with Crippen LogP contribution in [-0.4, -0.2) is 37.8 Å². The lowest BCUT2D eigenvalue weighted by atomic mass is 9.98. The molecular weight excluding hydrogens is 484 g/mol. The number of hydrogen-bond acceptors (Lipinski definition) is 3. The molecule has 0 heterocycles. The maximum Gasteiger partial charge on any atom is 0.191 e. The molecule has 0 saturated heterocycles. The molecular formula is C22H31FIN3O2. The molecule has 3 N–H and O–H groups in total. The fraction of sp³-hybridized carbons (Fsp3) is 0.409. The van der Waals surface area contributed by atoms with Crippen LogP contribution in [0.25, 0.3) is 0 Å². The first-order valence-corrected chi connectivity index (χ1v) is 9.63. The van der Waals surface area contributed by atoms with Gasteiger partial charge in [0.05, 0.1) is 13.7 Å². The Labute approximate surface area is 189 Å². The molecule has 0 aromatic heterocycles. The Kier molecular flexibility index (Phi) is 11.6. The van der Waals surface area contributed by atoms with Gasteiger partial charge < -0.3 is 20.5 Å². The number of ether oxygens (including phenoxy) is 1. The molecule has 7 heteroatoms. The molecule has 0 aliphatic carbocycles. The predicted molar refractivity (Wildman–Crippen MR) is 127 cm³/mol. The zero-order valence-corrected chi connectivity index (χ0v) is 19.5. The van der Waals surface area contributed by atoms with E-state index in [-0.39, 0.29) is 36.1 Å². The topological polar surface area (TPSA) is 65.9 Å². The molecule has 0 radical (unpaired) electrons. The summed E-state index contributed by atoms with van der Waals surface area (Å²) in [7, 11) is 1.66. The van der Waals surface area contributed by atoms with Crippen molar-refractivity contribution in [1.82, 2.24) is 10.6 Å². The van der Waals surface area contributed by atoms with Crippen LogP contribution in [0.2, 0.25) is 0 Å². The molecule has 29 heavy (non-hydrogen) atoms. The van der Waals surface area contributed by atoms with Crippen LogP contribution in [0.15, 0.2) is 53.5 Å². The quantitative estimate of drug-likeness (QED) is 0.266. The highest BCUT2D eigenvalue weighted by Gasteiger charge is 2.12. The maximum absolute atomic E-state index is 13.8. The number of halogens is 2. The largest absolute Gasteiger partial charge is 0.497 e. The van der Waals surface area contributed by atoms with E-state index in [4.69, 9.17) is 4.74 Å². The van der Waals surface area contributed by atoms with E-state index in [1.54, 1.807) is 25.3 Å². The van der Waals surface area contributed by atoms with Gasteiger partial charge in [-0.05, 0) is 43.0 Å². The first-order valence-electron chi connectivity index (χ1n) is 9.63. The Morgan fingerprint density at radius 2 is 1.83 bits per heavy atom. The minimum absolute atomic E-state index is 0. The van der Waals surface area contributed by atoms with Gasteiger partial charge in [-0.15, -0.1) is 24.0 Å². The van der Waals surface area contributed by atoms with E-state index in [2.05, 4.69) is 34.7 Å². The van der Waals surface area contributed by atoms with Crippen molar-refractivity contribution in [2.75, 3.05) is 26.7 Å². The third-order valence-corrected chi connectivity index (χ3v) is 4.59. The summed E-state index contributed by atoms with van der Waals surface area (Å²) < 4.78 is 19.0. The highest BCUT2D eigenvalue weighted by molar-refractivity contribution is 14.0. The molecule has 2 aromatic rings. The second-order valence-electron chi connectivity index (χ2n) is 6.65. The molecule has 2 atom stereocenters. The summed E-state index contributed by atoms with van der Waals surface area (Å²) in [6, 6.07) is 14.3. The van der Waals surface area contributed by atoms with Crippen molar-refractivity contribution in [2.45, 2.75) is 32.3 Å². The van der Waals surface area contributed by atoms with E-state index < -0.39 is 11.9 Å². The summed E-state index contributed by atoms with van der Waals surface area (Å²) in [6.07, 6.45) is -0.0537. The van der Waals surface area contributed by atoms with E-state index in [1.807, 2.05) is 19.1 Å². The number of nitrogens with zero attached hydrogens (tertiary/aromatic N) is 1. The van der Waals surface area contributed by atoms with E-state index >= 15 is 0 Å². The van der Waals surface area contributed by atoms with Crippen LogP contribution in [0.5, 0.6) is 5.75 Å². The van der Waals surface area contributed by atoms with Gasteiger partial charge in [-0.1, -0.05) is 37.3 Å². The normalized spacial score (nSPS) is 13.2. The lowest BCUT2D eigenvalue weighted by Crippen LogP contribution is -2.38. The lowest BCUT2D eigenvalue weighted by Gasteiger charge is -2.16. The van der Waals surface area contributed by atoms with Gasteiger partial charge >= 0.3 is 0 Å². The van der Waals surface area contributed by atoms with Gasteiger partial charge in [0, 0.05) is 18.7 Å². The molecule has 0 amide bonds. The monoisotopic (exact) mass is 515 g/mol. The van der Waals surface area contributed by atoms with Crippen molar-refractivity contribution in [1.29, 1.82) is 0 Å². The Morgan fingerprint density at radius 1 is 1.14 bits per heavy atom. The van der Waals surface area contributed by atoms with Crippen LogP contribution >= 0.6 is 24.0 Å². The Morgan fingerprint density at radius 3 is 2.45 bits per heavy atom. The minimum Gasteiger partial charge on any atom is -0.497 e. The molecule has 0 aliphatic rings. The highest BCUT2D eigenvalue weighted by Crippen LogP contribution is 2.21. The summed E-state index contributed by atoms with van der Waals surface area (Å²) in [6.45, 7) is 5.68. The van der Waals surface area contributed by atoms with E-state index in [0.717, 1.165) is 18.7 Å². The molecule has 2 aromatic carbocycles. The van der Waals surface area contributed by atoms with Gasteiger partial charge in [-0.25, -0.2) is 4.39 Å². The molecule has 0 fully saturated rings. The van der Waals surface area contributed by atoms with Gasteiger partial charge in [0.1, 0.15) is 17.7 Å². The first-order chi connectivity index (χ1) is 13.5. The maximum atomic E-state index is 13.8. The van der Waals surface area contributed by atoms with E-state index in [9.17, 15) is 9.50 Å². The number of rotatable bonds is 9. The third kappa shape index (κ3) is 8.18. The fourth-order valence-corrected chi connectivity index (χ4v) is 2.87. The van der Waals surface area contributed by atoms with Crippen molar-refractivity contribution in [3.8, 4) is 5.75 Å². The number of aliphatic hydroxyl groups is 1. The van der Waals surface area contributed by atoms with Gasteiger partial charge in [0.25, 0.3) is 0 Å². The highest BCUT2D eigenvalue weighted by atomic mass is 127. The lowest BCUT2D eigenvalue weighted by molar-refractivity contribution is 0.182.